The van der Waals surface area contributed by atoms with Crippen LogP contribution in [0.1, 0.15) is 24.3 Å². The number of hydrogen-bond donors (Lipinski definition) is 1. The Morgan fingerprint density at radius 3 is 2.63 bits per heavy atom. The molecule has 0 radical (unpaired) electrons. The van der Waals surface area contributed by atoms with Gasteiger partial charge in [0.2, 0.25) is 5.91 Å². The Hall–Kier alpha value is -1.62. The van der Waals surface area contributed by atoms with E-state index in [4.69, 9.17) is 10.5 Å². The smallest absolute Gasteiger partial charge is 0.222 e. The molecule has 5 heteroatoms. The third-order valence-electron chi connectivity index (χ3n) is 3.14. The zero-order valence-corrected chi connectivity index (χ0v) is 11.6. The Morgan fingerprint density at radius 2 is 2.16 bits per heavy atom. The predicted octanol–water partition coefficient (Wildman–Crippen LogP) is 1.75. The van der Waals surface area contributed by atoms with E-state index in [0.717, 1.165) is 5.56 Å². The summed E-state index contributed by atoms with van der Waals surface area (Å²) in [6.07, 6.45) is 1.02. The van der Waals surface area contributed by atoms with Crippen LogP contribution in [0.5, 0.6) is 5.75 Å². The number of benzene rings is 1. The fraction of sp³-hybridized carbons (Fsp3) is 0.500. The number of carbonyl (C=O) groups excluding carboxylic acids is 1. The SMILES string of the molecule is COc1ccc(C(CN)CCC(=O)N(C)C)cc1F. The third kappa shape index (κ3) is 4.21. The Labute approximate surface area is 113 Å². The minimum atomic E-state index is -0.405. The van der Waals surface area contributed by atoms with Gasteiger partial charge in [0.05, 0.1) is 7.11 Å². The highest BCUT2D eigenvalue weighted by molar-refractivity contribution is 5.75. The summed E-state index contributed by atoms with van der Waals surface area (Å²) in [5.41, 5.74) is 6.51. The first kappa shape index (κ1) is 15.4. The van der Waals surface area contributed by atoms with E-state index in [0.29, 0.717) is 19.4 Å². The first-order chi connectivity index (χ1) is 8.99. The van der Waals surface area contributed by atoms with Gasteiger partial charge in [-0.3, -0.25) is 4.79 Å². The van der Waals surface area contributed by atoms with E-state index < -0.39 is 5.82 Å². The van der Waals surface area contributed by atoms with Gasteiger partial charge < -0.3 is 15.4 Å². The molecule has 1 amide bonds. The van der Waals surface area contributed by atoms with E-state index in [9.17, 15) is 9.18 Å². The van der Waals surface area contributed by atoms with Gasteiger partial charge in [-0.25, -0.2) is 4.39 Å². The second-order valence-electron chi connectivity index (χ2n) is 4.65. The van der Waals surface area contributed by atoms with Gasteiger partial charge in [-0.15, -0.1) is 0 Å². The van der Waals surface area contributed by atoms with Gasteiger partial charge in [0, 0.05) is 20.5 Å². The van der Waals surface area contributed by atoms with Crippen LogP contribution in [-0.2, 0) is 4.79 Å². The highest BCUT2D eigenvalue weighted by Crippen LogP contribution is 2.25. The lowest BCUT2D eigenvalue weighted by atomic mass is 9.94. The van der Waals surface area contributed by atoms with Crippen LogP contribution in [0.15, 0.2) is 18.2 Å². The summed E-state index contributed by atoms with van der Waals surface area (Å²) in [4.78, 5) is 13.1. The molecule has 1 unspecified atom stereocenters. The van der Waals surface area contributed by atoms with Gasteiger partial charge in [-0.05, 0) is 36.6 Å². The summed E-state index contributed by atoms with van der Waals surface area (Å²) in [6.45, 7) is 0.381. The molecule has 0 heterocycles. The number of hydrogen-bond acceptors (Lipinski definition) is 3. The van der Waals surface area contributed by atoms with Gasteiger partial charge in [-0.1, -0.05) is 6.07 Å². The molecule has 0 aliphatic heterocycles. The largest absolute Gasteiger partial charge is 0.494 e. The standard InChI is InChI=1S/C14H21FN2O2/c1-17(2)14(18)7-5-11(9-16)10-4-6-13(19-3)12(15)8-10/h4,6,8,11H,5,7,9,16H2,1-3H3. The van der Waals surface area contributed by atoms with E-state index in [1.807, 2.05) is 0 Å². The highest BCUT2D eigenvalue weighted by Gasteiger charge is 2.15. The first-order valence-electron chi connectivity index (χ1n) is 6.23. The van der Waals surface area contributed by atoms with Gasteiger partial charge in [-0.2, -0.15) is 0 Å². The van der Waals surface area contributed by atoms with Crippen molar-refractivity contribution in [3.05, 3.63) is 29.6 Å². The summed E-state index contributed by atoms with van der Waals surface area (Å²) in [7, 11) is 4.86. The average molecular weight is 268 g/mol. The molecule has 1 rings (SSSR count). The van der Waals surface area contributed by atoms with Crippen molar-refractivity contribution in [3.8, 4) is 5.75 Å². The number of nitrogens with zero attached hydrogens (tertiary/aromatic N) is 1. The number of nitrogens with two attached hydrogens (primary N) is 1. The Bertz CT molecular complexity index is 435. The van der Waals surface area contributed by atoms with Gasteiger partial charge in [0.15, 0.2) is 11.6 Å². The van der Waals surface area contributed by atoms with E-state index in [1.54, 1.807) is 31.1 Å². The Morgan fingerprint density at radius 1 is 1.47 bits per heavy atom. The summed E-state index contributed by atoms with van der Waals surface area (Å²) in [6, 6.07) is 4.80. The van der Waals surface area contributed by atoms with E-state index in [-0.39, 0.29) is 17.6 Å². The van der Waals surface area contributed by atoms with E-state index in [2.05, 4.69) is 0 Å². The van der Waals surface area contributed by atoms with Crippen LogP contribution in [0.4, 0.5) is 4.39 Å². The van der Waals surface area contributed by atoms with Crippen LogP contribution in [0, 0.1) is 5.82 Å². The number of carbonyl (C=O) groups is 1. The zero-order chi connectivity index (χ0) is 14.4. The second kappa shape index (κ2) is 7.09. The van der Waals surface area contributed by atoms with Gasteiger partial charge in [0.1, 0.15) is 0 Å². The van der Waals surface area contributed by atoms with Gasteiger partial charge >= 0.3 is 0 Å². The lowest BCUT2D eigenvalue weighted by Crippen LogP contribution is -2.23. The van der Waals surface area contributed by atoms with Crippen molar-refractivity contribution >= 4 is 5.91 Å². The number of ether oxygens (including phenoxy) is 1. The molecule has 0 saturated carbocycles. The molecule has 106 valence electrons. The second-order valence-corrected chi connectivity index (χ2v) is 4.65. The normalized spacial score (nSPS) is 12.1. The molecule has 4 nitrogen and oxygen atoms in total. The number of rotatable bonds is 6. The topological polar surface area (TPSA) is 55.6 Å². The van der Waals surface area contributed by atoms with Crippen LogP contribution >= 0.6 is 0 Å². The maximum absolute atomic E-state index is 13.6. The monoisotopic (exact) mass is 268 g/mol. The van der Waals surface area contributed by atoms with Gasteiger partial charge in [0.25, 0.3) is 0 Å². The summed E-state index contributed by atoms with van der Waals surface area (Å²) in [5, 5.41) is 0. The molecule has 0 fully saturated rings. The molecule has 0 aliphatic carbocycles. The number of amides is 1. The number of methoxy groups -OCH3 is 1. The Balaban J connectivity index is 2.74. The van der Waals surface area contributed by atoms with Crippen molar-refractivity contribution in [1.29, 1.82) is 0 Å². The maximum atomic E-state index is 13.6. The van der Waals surface area contributed by atoms with Crippen molar-refractivity contribution in [2.24, 2.45) is 5.73 Å². The molecule has 0 aliphatic rings. The lowest BCUT2D eigenvalue weighted by Gasteiger charge is -2.17. The fourth-order valence-electron chi connectivity index (χ4n) is 1.88. The molecule has 1 atom stereocenters. The molecule has 1 aromatic rings. The summed E-state index contributed by atoms with van der Waals surface area (Å²) < 4.78 is 18.5. The molecule has 0 aromatic heterocycles. The van der Waals surface area contributed by atoms with Crippen LogP contribution in [0.3, 0.4) is 0 Å². The van der Waals surface area contributed by atoms with Crippen molar-refractivity contribution < 1.29 is 13.9 Å². The quantitative estimate of drug-likeness (QED) is 0.855. The molecule has 19 heavy (non-hydrogen) atoms. The maximum Gasteiger partial charge on any atom is 0.222 e. The first-order valence-corrected chi connectivity index (χ1v) is 6.23. The minimum Gasteiger partial charge on any atom is -0.494 e. The molecule has 1 aromatic carbocycles. The third-order valence-corrected chi connectivity index (χ3v) is 3.14. The predicted molar refractivity (Wildman–Crippen MR) is 72.7 cm³/mol. The van der Waals surface area contributed by atoms with Crippen molar-refractivity contribution in [3.63, 3.8) is 0 Å². The highest BCUT2D eigenvalue weighted by atomic mass is 19.1. The summed E-state index contributed by atoms with van der Waals surface area (Å²) >= 11 is 0. The Kier molecular flexibility index (Phi) is 5.76. The van der Waals surface area contributed by atoms with Crippen LogP contribution in [0.2, 0.25) is 0 Å². The van der Waals surface area contributed by atoms with Crippen molar-refractivity contribution in [1.82, 2.24) is 4.90 Å². The molecule has 2 N–H and O–H groups in total. The molecular formula is C14H21FN2O2. The van der Waals surface area contributed by atoms with Crippen molar-refractivity contribution in [2.45, 2.75) is 18.8 Å². The van der Waals surface area contributed by atoms with Crippen LogP contribution < -0.4 is 10.5 Å². The molecular weight excluding hydrogens is 247 g/mol. The fourth-order valence-corrected chi connectivity index (χ4v) is 1.88. The van der Waals surface area contributed by atoms with Crippen LogP contribution in [0.25, 0.3) is 0 Å². The minimum absolute atomic E-state index is 0.0238. The van der Waals surface area contributed by atoms with E-state index in [1.165, 1.54) is 13.2 Å². The molecule has 0 bridgehead atoms. The van der Waals surface area contributed by atoms with Crippen molar-refractivity contribution in [2.75, 3.05) is 27.7 Å². The number of halogens is 1. The molecule has 0 spiro atoms. The average Bonchev–Trinajstić information content (AvgIpc) is 2.39. The van der Waals surface area contributed by atoms with Crippen LogP contribution in [-0.4, -0.2) is 38.6 Å². The van der Waals surface area contributed by atoms with E-state index >= 15 is 0 Å². The molecule has 0 saturated heterocycles. The zero-order valence-electron chi connectivity index (χ0n) is 11.6. The lowest BCUT2D eigenvalue weighted by molar-refractivity contribution is -0.128. The summed E-state index contributed by atoms with van der Waals surface area (Å²) in [5.74, 6) is -0.169.